The van der Waals surface area contributed by atoms with Gasteiger partial charge < -0.3 is 20.7 Å². The van der Waals surface area contributed by atoms with Crippen LogP contribution in [-0.4, -0.2) is 52.1 Å². The molecule has 8 heteroatoms. The van der Waals surface area contributed by atoms with E-state index in [2.05, 4.69) is 15.3 Å². The van der Waals surface area contributed by atoms with Crippen LogP contribution in [0.2, 0.25) is 0 Å². The zero-order chi connectivity index (χ0) is 23.2. The molecule has 3 N–H and O–H groups in total. The van der Waals surface area contributed by atoms with E-state index >= 15 is 0 Å². The summed E-state index contributed by atoms with van der Waals surface area (Å²) in [5.41, 5.74) is 9.20. The molecule has 0 spiro atoms. The van der Waals surface area contributed by atoms with Crippen LogP contribution < -0.4 is 15.8 Å². The molecule has 2 bridgehead atoms. The number of carbonyl (C=O) groups excluding carboxylic acids is 1. The van der Waals surface area contributed by atoms with Gasteiger partial charge in [0.1, 0.15) is 17.7 Å². The van der Waals surface area contributed by atoms with Gasteiger partial charge in [0.05, 0.1) is 18.7 Å². The molecule has 1 aromatic carbocycles. The lowest BCUT2D eigenvalue weighted by atomic mass is 9.81. The lowest BCUT2D eigenvalue weighted by Crippen LogP contribution is -2.42. The summed E-state index contributed by atoms with van der Waals surface area (Å²) >= 11 is 0. The molecule has 3 aliphatic heterocycles. The summed E-state index contributed by atoms with van der Waals surface area (Å²) in [4.78, 5) is 24.2. The minimum absolute atomic E-state index is 0.0213. The number of nitrogens with one attached hydrogen (secondary N) is 1. The number of hydrogen-bond donors (Lipinski definition) is 2. The maximum absolute atomic E-state index is 14.1. The number of fused-ring (bicyclic) bond motifs is 2. The first-order valence-corrected chi connectivity index (χ1v) is 12.3. The second-order valence-electron chi connectivity index (χ2n) is 10.1. The van der Waals surface area contributed by atoms with E-state index < -0.39 is 5.82 Å². The number of carbonyl (C=O) groups is 1. The standard InChI is InChI=1S/C26H30FN5O2/c27-17-4-7-21(24(8-17)34-20-9-18-5-6-19(10-20)31-18)26(33)32-13-22(23(28)14-32)25-29-11-16(12-30-25)15-2-1-3-15/h4,7-8,11-12,15,18-20,31H,1-3,5-6,9-10,13-14,28H2/t18-,19+,20?. The van der Waals surface area contributed by atoms with Gasteiger partial charge in [-0.05, 0) is 62.1 Å². The van der Waals surface area contributed by atoms with Crippen molar-refractivity contribution in [1.82, 2.24) is 20.2 Å². The van der Waals surface area contributed by atoms with E-state index in [9.17, 15) is 9.18 Å². The molecule has 3 fully saturated rings. The average Bonchev–Trinajstić information content (AvgIpc) is 3.34. The Bertz CT molecular complexity index is 1120. The number of halogens is 1. The highest BCUT2D eigenvalue weighted by atomic mass is 19.1. The summed E-state index contributed by atoms with van der Waals surface area (Å²) in [5.74, 6) is 0.800. The molecule has 0 radical (unpaired) electrons. The fourth-order valence-corrected chi connectivity index (χ4v) is 5.68. The predicted molar refractivity (Wildman–Crippen MR) is 126 cm³/mol. The van der Waals surface area contributed by atoms with Crippen LogP contribution in [-0.2, 0) is 0 Å². The van der Waals surface area contributed by atoms with Crippen molar-refractivity contribution in [2.45, 2.75) is 69.1 Å². The molecule has 4 heterocycles. The summed E-state index contributed by atoms with van der Waals surface area (Å²) in [6.07, 6.45) is 11.4. The van der Waals surface area contributed by atoms with Crippen molar-refractivity contribution in [2.24, 2.45) is 5.73 Å². The summed E-state index contributed by atoms with van der Waals surface area (Å²) in [7, 11) is 0. The molecule has 4 aliphatic rings. The molecule has 3 atom stereocenters. The average molecular weight is 464 g/mol. The Morgan fingerprint density at radius 2 is 1.82 bits per heavy atom. The van der Waals surface area contributed by atoms with Gasteiger partial charge in [0.25, 0.3) is 5.91 Å². The fraction of sp³-hybridized carbons (Fsp3) is 0.500. The van der Waals surface area contributed by atoms with E-state index in [4.69, 9.17) is 10.5 Å². The number of ether oxygens (including phenoxy) is 1. The number of hydrogen-bond acceptors (Lipinski definition) is 6. The Kier molecular flexibility index (Phi) is 5.48. The molecular formula is C26H30FN5O2. The summed E-state index contributed by atoms with van der Waals surface area (Å²) in [6, 6.07) is 5.03. The first kappa shape index (κ1) is 21.5. The van der Waals surface area contributed by atoms with Crippen molar-refractivity contribution in [3.63, 3.8) is 0 Å². The van der Waals surface area contributed by atoms with Crippen molar-refractivity contribution >= 4 is 11.5 Å². The quantitative estimate of drug-likeness (QED) is 0.706. The molecule has 1 unspecified atom stereocenters. The van der Waals surface area contributed by atoms with Gasteiger partial charge in [-0.1, -0.05) is 6.42 Å². The Hall–Kier alpha value is -3.00. The van der Waals surface area contributed by atoms with Crippen molar-refractivity contribution < 1.29 is 13.9 Å². The van der Waals surface area contributed by atoms with Crippen LogP contribution in [0.3, 0.4) is 0 Å². The highest BCUT2D eigenvalue weighted by molar-refractivity contribution is 5.98. The Labute approximate surface area is 198 Å². The lowest BCUT2D eigenvalue weighted by Gasteiger charge is -2.30. The van der Waals surface area contributed by atoms with Gasteiger partial charge in [0.15, 0.2) is 5.82 Å². The maximum atomic E-state index is 14.1. The number of piperidine rings is 1. The molecule has 1 amide bonds. The molecule has 1 aliphatic carbocycles. The van der Waals surface area contributed by atoms with Crippen LogP contribution in [0.5, 0.6) is 5.75 Å². The van der Waals surface area contributed by atoms with E-state index in [1.807, 2.05) is 12.4 Å². The first-order valence-electron chi connectivity index (χ1n) is 12.3. The van der Waals surface area contributed by atoms with Gasteiger partial charge in [0, 0.05) is 41.8 Å². The van der Waals surface area contributed by atoms with Gasteiger partial charge in [-0.2, -0.15) is 0 Å². The molecule has 1 saturated carbocycles. The van der Waals surface area contributed by atoms with Crippen LogP contribution in [0.1, 0.15) is 72.6 Å². The first-order chi connectivity index (χ1) is 16.5. The Morgan fingerprint density at radius 1 is 1.09 bits per heavy atom. The number of nitrogens with two attached hydrogens (primary N) is 1. The van der Waals surface area contributed by atoms with Crippen molar-refractivity contribution in [1.29, 1.82) is 0 Å². The molecule has 2 saturated heterocycles. The maximum Gasteiger partial charge on any atom is 0.258 e. The highest BCUT2D eigenvalue weighted by Gasteiger charge is 2.36. The molecule has 6 rings (SSSR count). The molecule has 1 aromatic heterocycles. The van der Waals surface area contributed by atoms with E-state index in [-0.39, 0.29) is 18.6 Å². The second-order valence-corrected chi connectivity index (χ2v) is 10.1. The third-order valence-electron chi connectivity index (χ3n) is 7.80. The number of rotatable bonds is 5. The Balaban J connectivity index is 1.18. The summed E-state index contributed by atoms with van der Waals surface area (Å²) < 4.78 is 20.3. The summed E-state index contributed by atoms with van der Waals surface area (Å²) in [5, 5.41) is 3.58. The third-order valence-corrected chi connectivity index (χ3v) is 7.80. The number of nitrogens with zero attached hydrogens (tertiary/aromatic N) is 3. The van der Waals surface area contributed by atoms with Gasteiger partial charge in [0.2, 0.25) is 0 Å². The van der Waals surface area contributed by atoms with Crippen LogP contribution >= 0.6 is 0 Å². The highest BCUT2D eigenvalue weighted by Crippen LogP contribution is 2.36. The van der Waals surface area contributed by atoms with Crippen LogP contribution in [0.25, 0.3) is 5.57 Å². The largest absolute Gasteiger partial charge is 0.489 e. The predicted octanol–water partition coefficient (Wildman–Crippen LogP) is 3.37. The van der Waals surface area contributed by atoms with Gasteiger partial charge in [-0.3, -0.25) is 4.79 Å². The number of benzene rings is 1. The minimum Gasteiger partial charge on any atom is -0.489 e. The van der Waals surface area contributed by atoms with Crippen molar-refractivity contribution in [2.75, 3.05) is 13.1 Å². The van der Waals surface area contributed by atoms with Gasteiger partial charge in [-0.25, -0.2) is 14.4 Å². The topological polar surface area (TPSA) is 93.4 Å². The normalized spacial score (nSPS) is 26.6. The van der Waals surface area contributed by atoms with Crippen LogP contribution in [0.4, 0.5) is 4.39 Å². The third kappa shape index (κ3) is 4.04. The van der Waals surface area contributed by atoms with E-state index in [1.165, 1.54) is 43.0 Å². The molecule has 2 aromatic rings. The van der Waals surface area contributed by atoms with E-state index in [1.54, 1.807) is 4.90 Å². The zero-order valence-corrected chi connectivity index (χ0v) is 19.2. The fourth-order valence-electron chi connectivity index (χ4n) is 5.68. The second kappa shape index (κ2) is 8.65. The molecule has 7 nitrogen and oxygen atoms in total. The molecule has 178 valence electrons. The van der Waals surface area contributed by atoms with E-state index in [0.717, 1.165) is 31.3 Å². The monoisotopic (exact) mass is 463 g/mol. The van der Waals surface area contributed by atoms with Crippen molar-refractivity contribution in [3.8, 4) is 5.75 Å². The zero-order valence-electron chi connectivity index (χ0n) is 19.2. The van der Waals surface area contributed by atoms with Crippen molar-refractivity contribution in [3.05, 3.63) is 59.1 Å². The SMILES string of the molecule is NC1=C(c2ncc(C3CCC3)cn2)CN(C(=O)c2ccc(F)cc2OC2C[C@H]3CC[C@@H](C2)N3)C1. The van der Waals surface area contributed by atoms with Gasteiger partial charge in [-0.15, -0.1) is 0 Å². The number of aromatic nitrogens is 2. The van der Waals surface area contributed by atoms with Gasteiger partial charge >= 0.3 is 0 Å². The van der Waals surface area contributed by atoms with Crippen LogP contribution in [0, 0.1) is 5.82 Å². The number of amides is 1. The summed E-state index contributed by atoms with van der Waals surface area (Å²) in [6.45, 7) is 0.609. The smallest absolute Gasteiger partial charge is 0.258 e. The lowest BCUT2D eigenvalue weighted by molar-refractivity contribution is 0.0785. The molecular weight excluding hydrogens is 433 g/mol. The van der Waals surface area contributed by atoms with Crippen LogP contribution in [0.15, 0.2) is 36.3 Å². The minimum atomic E-state index is -0.414. The molecule has 34 heavy (non-hydrogen) atoms. The van der Waals surface area contributed by atoms with E-state index in [0.29, 0.717) is 47.4 Å². The Morgan fingerprint density at radius 3 is 2.50 bits per heavy atom.